The molecule has 222 valence electrons. The molecule has 0 radical (unpaired) electrons. The molecule has 0 aliphatic heterocycles. The first-order valence-electron chi connectivity index (χ1n) is 11.0. The van der Waals surface area contributed by atoms with Gasteiger partial charge in [-0.1, -0.05) is 56.1 Å². The summed E-state index contributed by atoms with van der Waals surface area (Å²) in [5.41, 5.74) is 1.07. The van der Waals surface area contributed by atoms with Crippen LogP contribution >= 0.6 is 54.5 Å². The predicted molar refractivity (Wildman–Crippen MR) is 148 cm³/mol. The van der Waals surface area contributed by atoms with Gasteiger partial charge in [-0.05, 0) is 24.3 Å². The maximum absolute atomic E-state index is 14.4. The normalized spacial score (nSPS) is 12.7. The molecule has 2 amide bonds. The number of benzene rings is 2. The lowest BCUT2D eigenvalue weighted by Gasteiger charge is -2.35. The Labute approximate surface area is 255 Å². The molecule has 0 saturated carbocycles. The van der Waals surface area contributed by atoms with E-state index < -0.39 is 45.8 Å². The van der Waals surface area contributed by atoms with Gasteiger partial charge in [0.1, 0.15) is 0 Å². The topological polar surface area (TPSA) is 84.0 Å². The highest BCUT2D eigenvalue weighted by Crippen LogP contribution is 2.53. The summed E-state index contributed by atoms with van der Waals surface area (Å²) in [6.07, 6.45) is 0. The molecule has 0 bridgehead atoms. The van der Waals surface area contributed by atoms with Crippen LogP contribution in [0.5, 0.6) is 0 Å². The van der Waals surface area contributed by atoms with Gasteiger partial charge in [0.15, 0.2) is 10.3 Å². The number of halogens is 10. The lowest BCUT2D eigenvalue weighted by Crippen LogP contribution is -2.67. The lowest BCUT2D eigenvalue weighted by molar-refractivity contribution is -0.345. The number of hydrogen-bond acceptors (Lipinski definition) is 6. The van der Waals surface area contributed by atoms with Crippen molar-refractivity contribution in [3.8, 4) is 22.5 Å². The molecular weight excluding hydrogens is 752 g/mol. The van der Waals surface area contributed by atoms with E-state index in [4.69, 9.17) is 0 Å². The second-order valence-corrected chi connectivity index (χ2v) is 11.8. The van der Waals surface area contributed by atoms with Crippen LogP contribution in [0.15, 0.2) is 68.2 Å². The summed E-state index contributed by atoms with van der Waals surface area (Å²) in [5.74, 6) is -33.0. The molecule has 2 heterocycles. The Bertz CT molecular complexity index is 1490. The summed E-state index contributed by atoms with van der Waals surface area (Å²) in [6, 6.07) is 12.5. The van der Waals surface area contributed by atoms with Crippen LogP contribution in [-0.2, 0) is 9.59 Å². The van der Waals surface area contributed by atoms with Crippen LogP contribution in [0.4, 0.5) is 45.4 Å². The van der Waals surface area contributed by atoms with Crippen LogP contribution in [0, 0.1) is 0 Å². The molecule has 4 rings (SSSR count). The second kappa shape index (κ2) is 11.6. The molecule has 0 spiro atoms. The number of carbonyl (C=O) groups is 2. The third-order valence-electron chi connectivity index (χ3n) is 5.48. The fourth-order valence-electron chi connectivity index (χ4n) is 3.20. The molecule has 0 aliphatic rings. The minimum atomic E-state index is -7.04. The average Bonchev–Trinajstić information content (AvgIpc) is 3.59. The van der Waals surface area contributed by atoms with Crippen LogP contribution in [0.2, 0.25) is 0 Å². The number of nitrogens with zero attached hydrogens (tertiary/aromatic N) is 2. The summed E-state index contributed by atoms with van der Waals surface area (Å²) >= 11 is 7.35. The third-order valence-corrected chi connectivity index (χ3v) is 8.06. The molecule has 0 aliphatic carbocycles. The zero-order chi connectivity index (χ0) is 31.1. The molecule has 0 unspecified atom stereocenters. The standard InChI is InChI=1S/C24H12Br2F8N4O2S2/c25-13-5-1-11(2-6-13)15-9-41-19(35-15)37-17(39)21(27,28)23(31,32)24(33,34)22(29,30)18(40)38-20-36-16(10-42-20)12-3-7-14(26)8-4-12/h1-10H,(H,35,37,39)(H,36,38,40). The Hall–Kier alpha value is -2.96. The summed E-state index contributed by atoms with van der Waals surface area (Å²) < 4.78 is 117. The van der Waals surface area contributed by atoms with Gasteiger partial charge < -0.3 is 0 Å². The zero-order valence-electron chi connectivity index (χ0n) is 20.1. The summed E-state index contributed by atoms with van der Waals surface area (Å²) in [4.78, 5) is 31.5. The first-order chi connectivity index (χ1) is 19.5. The van der Waals surface area contributed by atoms with Gasteiger partial charge in [-0.15, -0.1) is 22.7 Å². The highest BCUT2D eigenvalue weighted by molar-refractivity contribution is 9.10. The van der Waals surface area contributed by atoms with Crippen LogP contribution in [0.3, 0.4) is 0 Å². The molecule has 2 aromatic heterocycles. The summed E-state index contributed by atoms with van der Waals surface area (Å²) in [5, 5.41) is 3.56. The molecule has 0 atom stereocenters. The van der Waals surface area contributed by atoms with Gasteiger partial charge in [0.25, 0.3) is 0 Å². The number of anilines is 2. The van der Waals surface area contributed by atoms with Crippen molar-refractivity contribution in [3.63, 3.8) is 0 Å². The van der Waals surface area contributed by atoms with Crippen molar-refractivity contribution in [2.24, 2.45) is 0 Å². The molecule has 4 aromatic rings. The van der Waals surface area contributed by atoms with E-state index in [9.17, 15) is 44.7 Å². The average molecular weight is 764 g/mol. The Morgan fingerprint density at radius 3 is 1.21 bits per heavy atom. The number of thiazole rings is 2. The van der Waals surface area contributed by atoms with Crippen molar-refractivity contribution >= 4 is 76.6 Å². The first kappa shape index (κ1) is 32.0. The third kappa shape index (κ3) is 5.93. The lowest BCUT2D eigenvalue weighted by atomic mass is 9.97. The molecule has 18 heteroatoms. The van der Waals surface area contributed by atoms with Crippen LogP contribution in [0.1, 0.15) is 0 Å². The van der Waals surface area contributed by atoms with E-state index in [2.05, 4.69) is 41.8 Å². The SMILES string of the molecule is O=C(Nc1nc(-c2ccc(Br)cc2)cs1)C(F)(F)C(F)(F)C(F)(F)C(F)(F)C(=O)Nc1nc(-c2ccc(Br)cc2)cs1. The molecule has 2 aromatic carbocycles. The number of carbonyl (C=O) groups excluding carboxylic acids is 2. The number of rotatable bonds is 9. The fraction of sp³-hybridized carbons (Fsp3) is 0.167. The molecule has 6 nitrogen and oxygen atoms in total. The maximum Gasteiger partial charge on any atom is 0.393 e. The Morgan fingerprint density at radius 1 is 0.595 bits per heavy atom. The maximum atomic E-state index is 14.4. The molecule has 0 saturated heterocycles. The van der Waals surface area contributed by atoms with Crippen molar-refractivity contribution in [1.29, 1.82) is 0 Å². The van der Waals surface area contributed by atoms with Crippen molar-refractivity contribution in [3.05, 3.63) is 68.2 Å². The van der Waals surface area contributed by atoms with Gasteiger partial charge in [0.05, 0.1) is 11.4 Å². The Balaban J connectivity index is 1.50. The minimum Gasteiger partial charge on any atom is -0.296 e. The van der Waals surface area contributed by atoms with Crippen LogP contribution < -0.4 is 10.6 Å². The predicted octanol–water partition coefficient (Wildman–Crippen LogP) is 8.58. The van der Waals surface area contributed by atoms with Gasteiger partial charge in [-0.25, -0.2) is 9.97 Å². The molecule has 0 fully saturated rings. The summed E-state index contributed by atoms with van der Waals surface area (Å²) in [6.45, 7) is 0. The van der Waals surface area contributed by atoms with E-state index in [0.29, 0.717) is 42.7 Å². The Morgan fingerprint density at radius 2 is 0.905 bits per heavy atom. The summed E-state index contributed by atoms with van der Waals surface area (Å²) in [7, 11) is 0. The quantitative estimate of drug-likeness (QED) is 0.168. The van der Waals surface area contributed by atoms with E-state index in [1.807, 2.05) is 0 Å². The monoisotopic (exact) mass is 762 g/mol. The van der Waals surface area contributed by atoms with Crippen molar-refractivity contribution in [2.75, 3.05) is 10.6 Å². The number of amides is 2. The van der Waals surface area contributed by atoms with E-state index in [0.717, 1.165) is 0 Å². The highest BCUT2D eigenvalue weighted by atomic mass is 79.9. The fourth-order valence-corrected chi connectivity index (χ4v) is 5.16. The van der Waals surface area contributed by atoms with Gasteiger partial charge >= 0.3 is 35.5 Å². The largest absolute Gasteiger partial charge is 0.393 e. The number of alkyl halides is 8. The second-order valence-electron chi connectivity index (χ2n) is 8.30. The smallest absolute Gasteiger partial charge is 0.296 e. The van der Waals surface area contributed by atoms with Gasteiger partial charge in [-0.2, -0.15) is 35.1 Å². The van der Waals surface area contributed by atoms with Crippen LogP contribution in [-0.4, -0.2) is 45.5 Å². The van der Waals surface area contributed by atoms with E-state index in [1.165, 1.54) is 45.7 Å². The number of nitrogens with one attached hydrogen (secondary N) is 2. The van der Waals surface area contributed by atoms with E-state index >= 15 is 0 Å². The van der Waals surface area contributed by atoms with Crippen molar-refractivity contribution in [2.45, 2.75) is 23.7 Å². The molecule has 2 N–H and O–H groups in total. The van der Waals surface area contributed by atoms with E-state index in [1.54, 1.807) is 24.3 Å². The van der Waals surface area contributed by atoms with E-state index in [-0.39, 0.29) is 11.4 Å². The molecular formula is C24H12Br2F8N4O2S2. The van der Waals surface area contributed by atoms with Gasteiger partial charge in [0, 0.05) is 30.8 Å². The molecule has 42 heavy (non-hydrogen) atoms. The highest BCUT2D eigenvalue weighted by Gasteiger charge is 2.84. The minimum absolute atomic E-state index is 0.108. The number of hydrogen-bond donors (Lipinski definition) is 2. The van der Waals surface area contributed by atoms with Gasteiger partial charge in [0.2, 0.25) is 0 Å². The first-order valence-corrected chi connectivity index (χ1v) is 14.4. The Kier molecular flexibility index (Phi) is 8.84. The van der Waals surface area contributed by atoms with Gasteiger partial charge in [-0.3, -0.25) is 20.2 Å². The van der Waals surface area contributed by atoms with Crippen molar-refractivity contribution in [1.82, 2.24) is 9.97 Å². The van der Waals surface area contributed by atoms with Crippen LogP contribution in [0.25, 0.3) is 22.5 Å². The zero-order valence-corrected chi connectivity index (χ0v) is 24.9. The number of aromatic nitrogens is 2. The van der Waals surface area contributed by atoms with Crippen molar-refractivity contribution < 1.29 is 44.7 Å².